The van der Waals surface area contributed by atoms with E-state index in [1.807, 2.05) is 6.07 Å². The van der Waals surface area contributed by atoms with Crippen LogP contribution in [0.25, 0.3) is 6.08 Å². The number of furan rings is 1. The number of anilines is 2. The van der Waals surface area contributed by atoms with Crippen molar-refractivity contribution < 1.29 is 22.4 Å². The van der Waals surface area contributed by atoms with Gasteiger partial charge in [0.1, 0.15) is 11.5 Å². The molecule has 0 spiro atoms. The van der Waals surface area contributed by atoms with Gasteiger partial charge in [0.15, 0.2) is 5.17 Å². The third-order valence-electron chi connectivity index (χ3n) is 4.47. The quantitative estimate of drug-likeness (QED) is 0.519. The number of carbonyl (C=O) groups excluding carboxylic acids is 2. The Morgan fingerprint density at radius 3 is 2.45 bits per heavy atom. The number of carbonyl (C=O) groups is 2. The maximum Gasteiger partial charge on any atom is 0.283 e. The zero-order chi connectivity index (χ0) is 23.4. The molecule has 0 aliphatic carbocycles. The lowest BCUT2D eigenvalue weighted by Gasteiger charge is -2.17. The van der Waals surface area contributed by atoms with Crippen LogP contribution < -0.4 is 15.4 Å². The number of aliphatic imine (C=N–C) groups is 1. The minimum Gasteiger partial charge on any atom is -0.465 e. The molecule has 2 aromatic carbocycles. The number of hydrogen-bond donors (Lipinski definition) is 2. The van der Waals surface area contributed by atoms with E-state index < -0.39 is 10.0 Å². The first kappa shape index (κ1) is 22.5. The molecule has 3 N–H and O–H groups in total. The summed E-state index contributed by atoms with van der Waals surface area (Å²) in [6, 6.07) is 17.9. The van der Waals surface area contributed by atoms with Crippen LogP contribution in [0.5, 0.6) is 0 Å². The van der Waals surface area contributed by atoms with E-state index >= 15 is 0 Å². The molecule has 0 atom stereocenters. The van der Waals surface area contributed by atoms with Crippen LogP contribution in [0.3, 0.4) is 0 Å². The number of nitrogens with zero attached hydrogens (tertiary/aromatic N) is 2. The predicted molar refractivity (Wildman–Crippen MR) is 127 cm³/mol. The molecular weight excluding hydrogens is 464 g/mol. The Morgan fingerprint density at radius 1 is 1.09 bits per heavy atom. The maximum atomic E-state index is 13.0. The molecular formula is C22H18N4O5S2. The molecule has 0 bridgehead atoms. The summed E-state index contributed by atoms with van der Waals surface area (Å²) >= 11 is 1.10. The summed E-state index contributed by atoms with van der Waals surface area (Å²) in [5.41, 5.74) is 1.22. The topological polar surface area (TPSA) is 135 Å². The van der Waals surface area contributed by atoms with Crippen molar-refractivity contribution in [2.45, 2.75) is 4.90 Å². The van der Waals surface area contributed by atoms with Gasteiger partial charge < -0.3 is 9.73 Å². The van der Waals surface area contributed by atoms with Gasteiger partial charge in [0, 0.05) is 11.8 Å². The molecule has 4 rings (SSSR count). The Kier molecular flexibility index (Phi) is 6.45. The van der Waals surface area contributed by atoms with E-state index in [4.69, 9.17) is 9.56 Å². The van der Waals surface area contributed by atoms with Crippen LogP contribution in [0.4, 0.5) is 11.4 Å². The van der Waals surface area contributed by atoms with E-state index in [1.54, 1.807) is 42.5 Å². The van der Waals surface area contributed by atoms with Gasteiger partial charge in [-0.2, -0.15) is 0 Å². The fraction of sp³-hybridized carbons (Fsp3) is 0.0455. The summed E-state index contributed by atoms with van der Waals surface area (Å²) in [6.07, 6.45) is 3.04. The number of nitrogens with two attached hydrogens (primary N) is 1. The Hall–Kier alpha value is -3.67. The Balaban J connectivity index is 1.49. The third kappa shape index (κ3) is 5.40. The van der Waals surface area contributed by atoms with Gasteiger partial charge in [0.2, 0.25) is 15.9 Å². The molecule has 9 nitrogen and oxygen atoms in total. The third-order valence-corrected chi connectivity index (χ3v) is 6.33. The minimum atomic E-state index is -3.81. The number of rotatable bonds is 6. The van der Waals surface area contributed by atoms with Gasteiger partial charge in [-0.3, -0.25) is 14.5 Å². The number of amidine groups is 1. The van der Waals surface area contributed by atoms with Crippen LogP contribution in [0.15, 0.2) is 93.0 Å². The van der Waals surface area contributed by atoms with Gasteiger partial charge in [0.05, 0.1) is 22.6 Å². The van der Waals surface area contributed by atoms with Gasteiger partial charge in [-0.15, -0.1) is 0 Å². The molecule has 3 aromatic rings. The number of para-hydroxylation sites is 1. The second kappa shape index (κ2) is 9.45. The number of primary sulfonamides is 1. The SMILES string of the molecule is NS(=O)(=O)c1ccc(NC(=O)CSC2=N/C(=C\c3ccco3)C(=O)N2c2ccccc2)cc1. The highest BCUT2D eigenvalue weighted by Gasteiger charge is 2.32. The van der Waals surface area contributed by atoms with Crippen molar-refractivity contribution in [3.8, 4) is 0 Å². The standard InChI is InChI=1S/C22H18N4O5S2/c23-33(29,30)18-10-8-15(9-11-18)24-20(27)14-32-22-25-19(13-17-7-4-12-31-17)21(28)26(22)16-5-2-1-3-6-16/h1-13H,14H2,(H,24,27)(H2,23,29,30)/b19-13-. The minimum absolute atomic E-state index is 0.0274. The van der Waals surface area contributed by atoms with Gasteiger partial charge in [0.25, 0.3) is 5.91 Å². The lowest BCUT2D eigenvalue weighted by molar-refractivity contribution is -0.114. The van der Waals surface area contributed by atoms with Crippen LogP contribution in [-0.2, 0) is 19.6 Å². The normalized spacial score (nSPS) is 15.1. The Morgan fingerprint density at radius 2 is 1.82 bits per heavy atom. The van der Waals surface area contributed by atoms with Crippen LogP contribution in [0, 0.1) is 0 Å². The summed E-state index contributed by atoms with van der Waals surface area (Å²) < 4.78 is 28.0. The van der Waals surface area contributed by atoms with Gasteiger partial charge in [-0.1, -0.05) is 30.0 Å². The molecule has 0 unspecified atom stereocenters. The smallest absolute Gasteiger partial charge is 0.283 e. The molecule has 2 amide bonds. The van der Waals surface area contributed by atoms with Crippen molar-refractivity contribution in [1.82, 2.24) is 0 Å². The number of benzene rings is 2. The van der Waals surface area contributed by atoms with E-state index in [0.29, 0.717) is 22.3 Å². The molecule has 168 valence electrons. The first-order valence-electron chi connectivity index (χ1n) is 9.60. The second-order valence-corrected chi connectivity index (χ2v) is 9.33. The van der Waals surface area contributed by atoms with E-state index in [2.05, 4.69) is 10.3 Å². The highest BCUT2D eigenvalue weighted by molar-refractivity contribution is 8.14. The highest BCUT2D eigenvalue weighted by Crippen LogP contribution is 2.29. The molecule has 11 heteroatoms. The second-order valence-electron chi connectivity index (χ2n) is 6.82. The zero-order valence-corrected chi connectivity index (χ0v) is 18.7. The average molecular weight is 483 g/mol. The molecule has 0 saturated heterocycles. The number of amides is 2. The summed E-state index contributed by atoms with van der Waals surface area (Å²) in [6.45, 7) is 0. The molecule has 1 aliphatic heterocycles. The largest absolute Gasteiger partial charge is 0.465 e. The van der Waals surface area contributed by atoms with E-state index in [-0.39, 0.29) is 28.2 Å². The fourth-order valence-corrected chi connectivity index (χ4v) is 4.29. The van der Waals surface area contributed by atoms with Crippen molar-refractivity contribution in [3.05, 3.63) is 84.5 Å². The zero-order valence-electron chi connectivity index (χ0n) is 17.0. The first-order valence-corrected chi connectivity index (χ1v) is 12.1. The Bertz CT molecular complexity index is 1330. The first-order chi connectivity index (χ1) is 15.8. The van der Waals surface area contributed by atoms with Crippen LogP contribution in [0.2, 0.25) is 0 Å². The van der Waals surface area contributed by atoms with Crippen molar-refractivity contribution in [2.24, 2.45) is 10.1 Å². The fourth-order valence-electron chi connectivity index (χ4n) is 2.96. The number of sulfonamides is 1. The Labute approximate surface area is 194 Å². The summed E-state index contributed by atoms with van der Waals surface area (Å²) in [7, 11) is -3.81. The van der Waals surface area contributed by atoms with E-state index in [0.717, 1.165) is 11.8 Å². The van der Waals surface area contributed by atoms with Crippen LogP contribution in [-0.4, -0.2) is 31.2 Å². The summed E-state index contributed by atoms with van der Waals surface area (Å²) in [4.78, 5) is 31.3. The predicted octanol–water partition coefficient (Wildman–Crippen LogP) is 3.04. The molecule has 1 aromatic heterocycles. The van der Waals surface area contributed by atoms with Gasteiger partial charge in [-0.05, 0) is 48.5 Å². The van der Waals surface area contributed by atoms with Crippen molar-refractivity contribution in [3.63, 3.8) is 0 Å². The van der Waals surface area contributed by atoms with Crippen molar-refractivity contribution >= 4 is 56.2 Å². The molecule has 33 heavy (non-hydrogen) atoms. The lowest BCUT2D eigenvalue weighted by Crippen LogP contribution is -2.31. The lowest BCUT2D eigenvalue weighted by atomic mass is 10.2. The average Bonchev–Trinajstić information content (AvgIpc) is 3.41. The van der Waals surface area contributed by atoms with Crippen LogP contribution in [0.1, 0.15) is 5.76 Å². The molecule has 0 fully saturated rings. The van der Waals surface area contributed by atoms with Gasteiger partial charge >= 0.3 is 0 Å². The summed E-state index contributed by atoms with van der Waals surface area (Å²) in [5.74, 6) is -0.225. The summed E-state index contributed by atoms with van der Waals surface area (Å²) in [5, 5.41) is 8.10. The van der Waals surface area contributed by atoms with E-state index in [1.165, 1.54) is 35.4 Å². The maximum absolute atomic E-state index is 13.0. The van der Waals surface area contributed by atoms with Crippen LogP contribution >= 0.6 is 11.8 Å². The van der Waals surface area contributed by atoms with E-state index in [9.17, 15) is 18.0 Å². The number of thioether (sulfide) groups is 1. The van der Waals surface area contributed by atoms with Gasteiger partial charge in [-0.25, -0.2) is 18.5 Å². The molecule has 1 aliphatic rings. The number of nitrogens with one attached hydrogen (secondary N) is 1. The number of hydrogen-bond acceptors (Lipinski definition) is 7. The monoisotopic (exact) mass is 482 g/mol. The highest BCUT2D eigenvalue weighted by atomic mass is 32.2. The molecule has 0 radical (unpaired) electrons. The van der Waals surface area contributed by atoms with Crippen molar-refractivity contribution in [2.75, 3.05) is 16.0 Å². The molecule has 2 heterocycles. The molecule has 0 saturated carbocycles. The van der Waals surface area contributed by atoms with Crippen molar-refractivity contribution in [1.29, 1.82) is 0 Å².